The lowest BCUT2D eigenvalue weighted by atomic mass is 9.45. The molecule has 7 nitrogen and oxygen atoms in total. The van der Waals surface area contributed by atoms with E-state index in [0.29, 0.717) is 19.3 Å². The summed E-state index contributed by atoms with van der Waals surface area (Å²) in [5.41, 5.74) is -0.0738. The molecule has 8 atom stereocenters. The third-order valence-corrected chi connectivity index (χ3v) is 10.2. The summed E-state index contributed by atoms with van der Waals surface area (Å²) in [6.07, 6.45) is 7.46. The van der Waals surface area contributed by atoms with Gasteiger partial charge >= 0.3 is 12.1 Å². The van der Waals surface area contributed by atoms with Crippen molar-refractivity contribution in [1.82, 2.24) is 5.32 Å². The molecular formula is C24H31NO6. The molecule has 1 N–H and O–H groups in total. The van der Waals surface area contributed by atoms with Crippen molar-refractivity contribution in [2.45, 2.75) is 88.6 Å². The fraction of sp³-hybridized carbons (Fsp3) is 0.792. The number of nitrogens with one attached hydrogen (secondary N) is 1. The highest BCUT2D eigenvalue weighted by atomic mass is 16.6. The first kappa shape index (κ1) is 19.8. The lowest BCUT2D eigenvalue weighted by molar-refractivity contribution is -0.164. The Morgan fingerprint density at radius 2 is 2.00 bits per heavy atom. The smallest absolute Gasteiger partial charge is 0.407 e. The lowest BCUT2D eigenvalue weighted by Crippen LogP contribution is -2.65. The fourth-order valence-corrected chi connectivity index (χ4v) is 8.57. The molecule has 168 valence electrons. The molecule has 6 aliphatic rings. The van der Waals surface area contributed by atoms with E-state index in [2.05, 4.69) is 25.2 Å². The molecule has 5 fully saturated rings. The monoisotopic (exact) mass is 429 g/mol. The van der Waals surface area contributed by atoms with Gasteiger partial charge in [0.25, 0.3) is 0 Å². The molecule has 0 aromatic rings. The highest BCUT2D eigenvalue weighted by Gasteiger charge is 2.82. The molecule has 3 saturated carbocycles. The summed E-state index contributed by atoms with van der Waals surface area (Å²) < 4.78 is 17.7. The lowest BCUT2D eigenvalue weighted by Gasteiger charge is -2.58. The van der Waals surface area contributed by atoms with E-state index in [-0.39, 0.29) is 52.2 Å². The molecule has 1 amide bonds. The average Bonchev–Trinajstić information content (AvgIpc) is 3.21. The van der Waals surface area contributed by atoms with E-state index < -0.39 is 11.7 Å². The van der Waals surface area contributed by atoms with Crippen LogP contribution in [0, 0.1) is 22.7 Å². The van der Waals surface area contributed by atoms with E-state index in [1.54, 1.807) is 0 Å². The zero-order valence-corrected chi connectivity index (χ0v) is 18.5. The number of carbonyl (C=O) groups is 3. The Morgan fingerprint density at radius 3 is 2.71 bits per heavy atom. The van der Waals surface area contributed by atoms with E-state index in [1.807, 2.05) is 0 Å². The molecule has 0 aromatic heterocycles. The van der Waals surface area contributed by atoms with Crippen LogP contribution in [0.15, 0.2) is 11.6 Å². The van der Waals surface area contributed by atoms with Gasteiger partial charge in [0.2, 0.25) is 0 Å². The quantitative estimate of drug-likeness (QED) is 0.391. The van der Waals surface area contributed by atoms with Crippen LogP contribution in [0.2, 0.25) is 0 Å². The maximum atomic E-state index is 12.3. The van der Waals surface area contributed by atoms with E-state index in [4.69, 9.17) is 14.2 Å². The Balaban J connectivity index is 1.47. The van der Waals surface area contributed by atoms with E-state index in [9.17, 15) is 14.4 Å². The van der Waals surface area contributed by atoms with E-state index in [0.717, 1.165) is 37.7 Å². The summed E-state index contributed by atoms with van der Waals surface area (Å²) in [6.45, 7) is 4.53. The van der Waals surface area contributed by atoms with Gasteiger partial charge in [-0.05, 0) is 38.0 Å². The summed E-state index contributed by atoms with van der Waals surface area (Å²) in [5, 5.41) is 3.07. The second-order valence-corrected chi connectivity index (χ2v) is 11.1. The van der Waals surface area contributed by atoms with Crippen LogP contribution in [0.25, 0.3) is 0 Å². The second kappa shape index (κ2) is 5.91. The second-order valence-electron chi connectivity index (χ2n) is 11.1. The molecule has 2 unspecified atom stereocenters. The molecule has 31 heavy (non-hydrogen) atoms. The summed E-state index contributed by atoms with van der Waals surface area (Å²) in [4.78, 5) is 36.8. The van der Waals surface area contributed by atoms with Crippen LogP contribution in [-0.4, -0.2) is 48.3 Å². The van der Waals surface area contributed by atoms with Gasteiger partial charge in [0.15, 0.2) is 0 Å². The maximum absolute atomic E-state index is 12.3. The molecule has 2 saturated heterocycles. The minimum absolute atomic E-state index is 0.0527. The van der Waals surface area contributed by atoms with Crippen molar-refractivity contribution in [2.75, 3.05) is 7.11 Å². The zero-order chi connectivity index (χ0) is 21.8. The van der Waals surface area contributed by atoms with E-state index >= 15 is 0 Å². The Hall–Kier alpha value is -1.89. The SMILES string of the molecule is COC(=O)N[C@@H]1C=C2CC(=O)CC[C@]2(C)[C@@]23O[C@@H]2C[C@@]2(C)C(CC[C@@]24CCC(=O)O4)C13. The van der Waals surface area contributed by atoms with Gasteiger partial charge in [-0.15, -0.1) is 0 Å². The number of alkyl carbamates (subject to hydrolysis) is 1. The standard InChI is InChI=1S/C24H31NO6/c1-21-7-4-14(26)10-13(21)11-16(25-20(28)29-3)19-15-5-8-23(9-6-18(27)31-23)22(15,2)12-17-24(19,21)30-17/h11,15-17,19H,4-10,12H2,1-3H3,(H,25,28)/t15?,16-,17-,19?,21+,22+,23-,24-/m1/s1. The number of methoxy groups -OCH3 is 1. The van der Waals surface area contributed by atoms with Gasteiger partial charge in [0.05, 0.1) is 19.3 Å². The van der Waals surface area contributed by atoms with Crippen molar-refractivity contribution >= 4 is 17.8 Å². The van der Waals surface area contributed by atoms with Gasteiger partial charge in [0.1, 0.15) is 17.0 Å². The van der Waals surface area contributed by atoms with Gasteiger partial charge in [-0.2, -0.15) is 0 Å². The van der Waals surface area contributed by atoms with Crippen LogP contribution >= 0.6 is 0 Å². The molecule has 4 aliphatic carbocycles. The van der Waals surface area contributed by atoms with Gasteiger partial charge in [0, 0.05) is 36.0 Å². The fourth-order valence-electron chi connectivity index (χ4n) is 8.57. The molecule has 2 aliphatic heterocycles. The first-order chi connectivity index (χ1) is 14.7. The Morgan fingerprint density at radius 1 is 1.19 bits per heavy atom. The normalized spacial score (nSPS) is 51.8. The van der Waals surface area contributed by atoms with Crippen LogP contribution in [0.4, 0.5) is 4.79 Å². The molecular weight excluding hydrogens is 398 g/mol. The largest absolute Gasteiger partial charge is 0.458 e. The number of amides is 1. The van der Waals surface area contributed by atoms with Gasteiger partial charge in [-0.1, -0.05) is 25.5 Å². The summed E-state index contributed by atoms with van der Waals surface area (Å²) in [5.74, 6) is 0.483. The number of epoxide rings is 1. The van der Waals surface area contributed by atoms with Crippen LogP contribution in [0.5, 0.6) is 0 Å². The zero-order valence-electron chi connectivity index (χ0n) is 18.5. The topological polar surface area (TPSA) is 94.2 Å². The molecule has 6 rings (SSSR count). The highest BCUT2D eigenvalue weighted by Crippen LogP contribution is 2.77. The minimum atomic E-state index is -0.466. The summed E-state index contributed by atoms with van der Waals surface area (Å²) >= 11 is 0. The van der Waals surface area contributed by atoms with Crippen LogP contribution in [-0.2, 0) is 23.8 Å². The summed E-state index contributed by atoms with van der Waals surface area (Å²) in [7, 11) is 1.37. The number of fused-ring (bicyclic) bond motifs is 4. The van der Waals surface area contributed by atoms with Gasteiger partial charge in [-0.25, -0.2) is 4.79 Å². The number of Topliss-reactive ketones (excluding diaryl/α,β-unsaturated/α-hetero) is 1. The molecule has 2 heterocycles. The number of hydrogen-bond acceptors (Lipinski definition) is 6. The molecule has 0 radical (unpaired) electrons. The van der Waals surface area contributed by atoms with Gasteiger partial charge in [-0.3, -0.25) is 9.59 Å². The first-order valence-electron chi connectivity index (χ1n) is 11.7. The van der Waals surface area contributed by atoms with Crippen LogP contribution in [0.1, 0.15) is 65.2 Å². The predicted molar refractivity (Wildman–Crippen MR) is 109 cm³/mol. The van der Waals surface area contributed by atoms with Crippen molar-refractivity contribution < 1.29 is 28.6 Å². The average molecular weight is 430 g/mol. The Bertz CT molecular complexity index is 929. The molecule has 0 bridgehead atoms. The third-order valence-electron chi connectivity index (χ3n) is 10.2. The third kappa shape index (κ3) is 2.21. The van der Waals surface area contributed by atoms with Crippen LogP contribution in [0.3, 0.4) is 0 Å². The summed E-state index contributed by atoms with van der Waals surface area (Å²) in [6, 6.07) is -0.261. The van der Waals surface area contributed by atoms with E-state index in [1.165, 1.54) is 7.11 Å². The molecule has 0 aromatic carbocycles. The number of rotatable bonds is 1. The number of ether oxygens (including phenoxy) is 3. The molecule has 7 heteroatoms. The van der Waals surface area contributed by atoms with Crippen molar-refractivity contribution in [3.63, 3.8) is 0 Å². The number of hydrogen-bond donors (Lipinski definition) is 1. The van der Waals surface area contributed by atoms with Crippen molar-refractivity contribution in [3.8, 4) is 0 Å². The first-order valence-corrected chi connectivity index (χ1v) is 11.7. The molecule has 2 spiro atoms. The van der Waals surface area contributed by atoms with Gasteiger partial charge < -0.3 is 19.5 Å². The minimum Gasteiger partial charge on any atom is -0.458 e. The predicted octanol–water partition coefficient (Wildman–Crippen LogP) is 3.06. The van der Waals surface area contributed by atoms with Crippen LogP contribution < -0.4 is 5.32 Å². The number of esters is 1. The van der Waals surface area contributed by atoms with Crippen molar-refractivity contribution in [2.24, 2.45) is 22.7 Å². The van der Waals surface area contributed by atoms with Crippen molar-refractivity contribution in [3.05, 3.63) is 11.6 Å². The number of carbonyl (C=O) groups excluding carboxylic acids is 3. The Labute approximate surface area is 182 Å². The highest BCUT2D eigenvalue weighted by molar-refractivity contribution is 5.83. The maximum Gasteiger partial charge on any atom is 0.407 e. The Kier molecular flexibility index (Phi) is 3.77. The number of ketones is 1. The van der Waals surface area contributed by atoms with Crippen molar-refractivity contribution in [1.29, 1.82) is 0 Å².